The van der Waals surface area contributed by atoms with Gasteiger partial charge in [-0.25, -0.2) is 0 Å². The lowest BCUT2D eigenvalue weighted by molar-refractivity contribution is 0.406. The molecule has 2 nitrogen and oxygen atoms in total. The number of hydrogen-bond acceptors (Lipinski definition) is 3. The van der Waals surface area contributed by atoms with E-state index in [0.717, 1.165) is 20.4 Å². The van der Waals surface area contributed by atoms with Gasteiger partial charge in [-0.2, -0.15) is 0 Å². The Bertz CT molecular complexity index is 578. The summed E-state index contributed by atoms with van der Waals surface area (Å²) in [4.78, 5) is 1.30. The fraction of sp³-hybridized carbons (Fsp3) is 0.333. The maximum Gasteiger partial charge on any atom is 0.122 e. The second kappa shape index (κ2) is 7.07. The zero-order chi connectivity index (χ0) is 14.7. The highest BCUT2D eigenvalue weighted by atomic mass is 79.9. The molecular formula is C15H17Br2NOS. The van der Waals surface area contributed by atoms with Crippen molar-refractivity contribution < 1.29 is 4.74 Å². The highest BCUT2D eigenvalue weighted by Crippen LogP contribution is 2.37. The topological polar surface area (TPSA) is 21.3 Å². The monoisotopic (exact) mass is 417 g/mol. The largest absolute Gasteiger partial charge is 0.496 e. The van der Waals surface area contributed by atoms with E-state index in [9.17, 15) is 0 Å². The van der Waals surface area contributed by atoms with E-state index in [4.69, 9.17) is 4.74 Å². The van der Waals surface area contributed by atoms with E-state index in [0.29, 0.717) is 0 Å². The minimum atomic E-state index is 0.276. The van der Waals surface area contributed by atoms with Crippen LogP contribution in [0.2, 0.25) is 0 Å². The van der Waals surface area contributed by atoms with Gasteiger partial charge in [-0.05, 0) is 69.9 Å². The Morgan fingerprint density at radius 2 is 2.05 bits per heavy atom. The summed E-state index contributed by atoms with van der Waals surface area (Å²) in [6.07, 6.45) is 0.904. The SMILES string of the molecule is CNC(Cc1cc(C)ccc1OC)c1cc(Br)c(Br)s1. The van der Waals surface area contributed by atoms with Gasteiger partial charge in [-0.15, -0.1) is 11.3 Å². The van der Waals surface area contributed by atoms with Crippen LogP contribution in [-0.2, 0) is 6.42 Å². The van der Waals surface area contributed by atoms with Crippen LogP contribution in [0.1, 0.15) is 22.0 Å². The number of likely N-dealkylation sites (N-methyl/N-ethyl adjacent to an activating group) is 1. The molecule has 0 saturated carbocycles. The predicted molar refractivity (Wildman–Crippen MR) is 93.0 cm³/mol. The summed E-state index contributed by atoms with van der Waals surface area (Å²) in [5.41, 5.74) is 2.48. The van der Waals surface area contributed by atoms with Crippen molar-refractivity contribution in [2.45, 2.75) is 19.4 Å². The van der Waals surface area contributed by atoms with Crippen LogP contribution >= 0.6 is 43.2 Å². The molecule has 0 radical (unpaired) electrons. The Labute approximate surface area is 140 Å². The number of thiophene rings is 1. The molecule has 1 N–H and O–H groups in total. The molecule has 0 aliphatic heterocycles. The van der Waals surface area contributed by atoms with Crippen LogP contribution in [0.15, 0.2) is 32.5 Å². The molecular weight excluding hydrogens is 402 g/mol. The summed E-state index contributed by atoms with van der Waals surface area (Å²) in [7, 11) is 3.72. The first-order valence-electron chi connectivity index (χ1n) is 6.30. The Hall–Kier alpha value is -0.360. The van der Waals surface area contributed by atoms with E-state index < -0.39 is 0 Å². The second-order valence-corrected chi connectivity index (χ2v) is 7.89. The smallest absolute Gasteiger partial charge is 0.122 e. The fourth-order valence-electron chi connectivity index (χ4n) is 2.17. The molecule has 0 aliphatic rings. The Kier molecular flexibility index (Phi) is 5.66. The number of halogens is 2. The van der Waals surface area contributed by atoms with Gasteiger partial charge in [-0.3, -0.25) is 0 Å². The summed E-state index contributed by atoms with van der Waals surface area (Å²) in [5.74, 6) is 0.950. The first-order valence-corrected chi connectivity index (χ1v) is 8.71. The van der Waals surface area contributed by atoms with Crippen LogP contribution in [0.25, 0.3) is 0 Å². The number of benzene rings is 1. The molecule has 1 aromatic carbocycles. The number of hydrogen-bond donors (Lipinski definition) is 1. The van der Waals surface area contributed by atoms with Gasteiger partial charge >= 0.3 is 0 Å². The second-order valence-electron chi connectivity index (χ2n) is 4.63. The molecule has 1 heterocycles. The lowest BCUT2D eigenvalue weighted by Gasteiger charge is -2.17. The van der Waals surface area contributed by atoms with Gasteiger partial charge in [0.1, 0.15) is 5.75 Å². The van der Waals surface area contributed by atoms with E-state index in [2.05, 4.69) is 62.3 Å². The third kappa shape index (κ3) is 3.64. The molecule has 108 valence electrons. The normalized spacial score (nSPS) is 12.4. The van der Waals surface area contributed by atoms with E-state index >= 15 is 0 Å². The lowest BCUT2D eigenvalue weighted by atomic mass is 10.0. The molecule has 2 aromatic rings. The molecule has 1 aromatic heterocycles. The average molecular weight is 419 g/mol. The molecule has 0 amide bonds. The van der Waals surface area contributed by atoms with Crippen molar-refractivity contribution in [3.05, 3.63) is 48.5 Å². The van der Waals surface area contributed by atoms with Crippen LogP contribution in [0.4, 0.5) is 0 Å². The van der Waals surface area contributed by atoms with Gasteiger partial charge in [0, 0.05) is 15.4 Å². The van der Waals surface area contributed by atoms with Gasteiger partial charge in [0.15, 0.2) is 0 Å². The molecule has 0 spiro atoms. The highest BCUT2D eigenvalue weighted by molar-refractivity contribution is 9.13. The fourth-order valence-corrected chi connectivity index (χ4v) is 4.37. The maximum atomic E-state index is 5.47. The van der Waals surface area contributed by atoms with Crippen molar-refractivity contribution in [3.8, 4) is 5.75 Å². The van der Waals surface area contributed by atoms with E-state index in [1.54, 1.807) is 18.4 Å². The summed E-state index contributed by atoms with van der Waals surface area (Å²) in [5, 5.41) is 3.39. The Balaban J connectivity index is 2.28. The van der Waals surface area contributed by atoms with E-state index in [1.165, 1.54) is 16.0 Å². The van der Waals surface area contributed by atoms with Gasteiger partial charge in [0.2, 0.25) is 0 Å². The number of methoxy groups -OCH3 is 1. The van der Waals surface area contributed by atoms with Crippen molar-refractivity contribution in [2.24, 2.45) is 0 Å². The molecule has 5 heteroatoms. The summed E-state index contributed by atoms with van der Waals surface area (Å²) < 4.78 is 7.70. The van der Waals surface area contributed by atoms with Crippen LogP contribution in [0.3, 0.4) is 0 Å². The first kappa shape index (κ1) is 16.0. The van der Waals surface area contributed by atoms with Crippen LogP contribution in [-0.4, -0.2) is 14.2 Å². The molecule has 20 heavy (non-hydrogen) atoms. The number of ether oxygens (including phenoxy) is 1. The highest BCUT2D eigenvalue weighted by Gasteiger charge is 2.17. The lowest BCUT2D eigenvalue weighted by Crippen LogP contribution is -2.18. The number of nitrogens with one attached hydrogen (secondary N) is 1. The minimum absolute atomic E-state index is 0.276. The van der Waals surface area contributed by atoms with Crippen molar-refractivity contribution in [3.63, 3.8) is 0 Å². The van der Waals surface area contributed by atoms with E-state index in [-0.39, 0.29) is 6.04 Å². The third-order valence-electron chi connectivity index (χ3n) is 3.22. The van der Waals surface area contributed by atoms with Gasteiger partial charge in [0.25, 0.3) is 0 Å². The predicted octanol–water partition coefficient (Wildman–Crippen LogP) is 5.09. The molecule has 1 atom stereocenters. The Morgan fingerprint density at radius 3 is 2.60 bits per heavy atom. The van der Waals surface area contributed by atoms with Crippen LogP contribution < -0.4 is 10.1 Å². The minimum Gasteiger partial charge on any atom is -0.496 e. The zero-order valence-electron chi connectivity index (χ0n) is 11.7. The standard InChI is InChI=1S/C15H17Br2NOS/c1-9-4-5-13(19-3)10(6-9)7-12(18-2)14-8-11(16)15(17)20-14/h4-6,8,12,18H,7H2,1-3H3. The van der Waals surface area contributed by atoms with Gasteiger partial charge in [-0.1, -0.05) is 17.7 Å². The molecule has 0 bridgehead atoms. The first-order chi connectivity index (χ1) is 9.55. The van der Waals surface area contributed by atoms with Crippen LogP contribution in [0.5, 0.6) is 5.75 Å². The van der Waals surface area contributed by atoms with Crippen LogP contribution in [0, 0.1) is 6.92 Å². The Morgan fingerprint density at radius 1 is 1.30 bits per heavy atom. The summed E-state index contributed by atoms with van der Waals surface area (Å²) in [6.45, 7) is 2.11. The van der Waals surface area contributed by atoms with Gasteiger partial charge < -0.3 is 10.1 Å². The molecule has 0 saturated heterocycles. The van der Waals surface area contributed by atoms with Crippen molar-refractivity contribution >= 4 is 43.2 Å². The molecule has 1 unspecified atom stereocenters. The van der Waals surface area contributed by atoms with Gasteiger partial charge in [0.05, 0.1) is 10.9 Å². The van der Waals surface area contributed by atoms with Crippen molar-refractivity contribution in [1.29, 1.82) is 0 Å². The summed E-state index contributed by atoms with van der Waals surface area (Å²) in [6, 6.07) is 8.75. The zero-order valence-corrected chi connectivity index (χ0v) is 15.7. The number of aryl methyl sites for hydroxylation is 1. The van der Waals surface area contributed by atoms with E-state index in [1.807, 2.05) is 13.1 Å². The third-order valence-corrected chi connectivity index (χ3v) is 6.59. The molecule has 2 rings (SSSR count). The van der Waals surface area contributed by atoms with Crippen molar-refractivity contribution in [1.82, 2.24) is 5.32 Å². The summed E-state index contributed by atoms with van der Waals surface area (Å²) >= 11 is 8.86. The number of rotatable bonds is 5. The molecule has 0 aliphatic carbocycles. The van der Waals surface area contributed by atoms with Crippen molar-refractivity contribution in [2.75, 3.05) is 14.2 Å². The average Bonchev–Trinajstić information content (AvgIpc) is 2.76. The maximum absolute atomic E-state index is 5.47. The molecule has 0 fully saturated rings. The quantitative estimate of drug-likeness (QED) is 0.729.